The summed E-state index contributed by atoms with van der Waals surface area (Å²) >= 11 is 6.18. The Hall–Kier alpha value is -1.06. The smallest absolute Gasteiger partial charge is 0.0955 e. The first-order chi connectivity index (χ1) is 7.13. The Morgan fingerprint density at radius 1 is 1.53 bits per heavy atom. The van der Waals surface area contributed by atoms with Crippen molar-refractivity contribution in [1.29, 1.82) is 0 Å². The first-order valence-corrected chi connectivity index (χ1v) is 5.31. The minimum Gasteiger partial charge on any atom is -0.334 e. The van der Waals surface area contributed by atoms with E-state index in [1.807, 2.05) is 17.7 Å². The van der Waals surface area contributed by atoms with Crippen LogP contribution in [0.4, 0.5) is 0 Å². The fourth-order valence-corrected chi connectivity index (χ4v) is 2.01. The molecule has 2 N–H and O–H groups in total. The van der Waals surface area contributed by atoms with Crippen LogP contribution >= 0.6 is 11.6 Å². The molecule has 0 spiro atoms. The molecule has 1 heterocycles. The Balaban J connectivity index is 2.64. The van der Waals surface area contributed by atoms with Crippen LogP contribution in [0.3, 0.4) is 0 Å². The van der Waals surface area contributed by atoms with E-state index >= 15 is 0 Å². The highest BCUT2D eigenvalue weighted by molar-refractivity contribution is 6.32. The van der Waals surface area contributed by atoms with Crippen LogP contribution in [0.25, 0.3) is 11.0 Å². The van der Waals surface area contributed by atoms with Gasteiger partial charge in [0.05, 0.1) is 17.4 Å². The molecule has 1 aromatic carbocycles. The third-order valence-corrected chi connectivity index (χ3v) is 3.06. The second-order valence-corrected chi connectivity index (χ2v) is 4.26. The van der Waals surface area contributed by atoms with E-state index in [-0.39, 0.29) is 5.92 Å². The number of halogens is 1. The fourth-order valence-electron chi connectivity index (χ4n) is 1.67. The van der Waals surface area contributed by atoms with Gasteiger partial charge in [-0.2, -0.15) is 0 Å². The van der Waals surface area contributed by atoms with E-state index in [0.29, 0.717) is 6.54 Å². The monoisotopic (exact) mass is 223 g/mol. The molecule has 0 aliphatic heterocycles. The molecule has 15 heavy (non-hydrogen) atoms. The molecule has 0 aliphatic carbocycles. The molecule has 1 atom stereocenters. The largest absolute Gasteiger partial charge is 0.334 e. The summed E-state index contributed by atoms with van der Waals surface area (Å²) in [6, 6.07) is 3.97. The lowest BCUT2D eigenvalue weighted by molar-refractivity contribution is 0.774. The lowest BCUT2D eigenvalue weighted by atomic mass is 10.0. The van der Waals surface area contributed by atoms with Crippen molar-refractivity contribution in [2.45, 2.75) is 12.8 Å². The second-order valence-electron chi connectivity index (χ2n) is 3.85. The maximum atomic E-state index is 6.18. The summed E-state index contributed by atoms with van der Waals surface area (Å²) in [5.74, 6) is 0.275. The molecular formula is C11H14ClN3. The number of aryl methyl sites for hydroxylation is 1. The van der Waals surface area contributed by atoms with Gasteiger partial charge in [0.25, 0.3) is 0 Å². The normalized spacial score (nSPS) is 13.3. The Morgan fingerprint density at radius 2 is 2.27 bits per heavy atom. The van der Waals surface area contributed by atoms with Crippen molar-refractivity contribution in [3.05, 3.63) is 29.0 Å². The zero-order valence-electron chi connectivity index (χ0n) is 8.87. The minimum atomic E-state index is 0.275. The zero-order chi connectivity index (χ0) is 11.0. The number of hydrogen-bond donors (Lipinski definition) is 1. The third kappa shape index (κ3) is 1.73. The standard InChI is InChI=1S/C11H14ClN3/c1-7(5-13)8-3-11-10(4-9(8)12)14-6-15(11)2/h3-4,6-7H,5,13H2,1-2H3. The fraction of sp³-hybridized carbons (Fsp3) is 0.364. The first kappa shape index (κ1) is 10.5. The Labute approximate surface area is 93.9 Å². The number of fused-ring (bicyclic) bond motifs is 1. The van der Waals surface area contributed by atoms with Crippen molar-refractivity contribution in [2.24, 2.45) is 12.8 Å². The molecular weight excluding hydrogens is 210 g/mol. The molecule has 1 aromatic heterocycles. The molecule has 0 aliphatic rings. The first-order valence-electron chi connectivity index (χ1n) is 4.94. The van der Waals surface area contributed by atoms with E-state index in [4.69, 9.17) is 17.3 Å². The molecule has 0 amide bonds. The summed E-state index contributed by atoms with van der Waals surface area (Å²) in [6.45, 7) is 2.67. The highest BCUT2D eigenvalue weighted by Gasteiger charge is 2.11. The van der Waals surface area contributed by atoms with Crippen molar-refractivity contribution in [2.75, 3.05) is 6.54 Å². The molecule has 0 saturated carbocycles. The number of nitrogens with two attached hydrogens (primary N) is 1. The minimum absolute atomic E-state index is 0.275. The second kappa shape index (κ2) is 3.83. The Kier molecular flexibility index (Phi) is 2.67. The van der Waals surface area contributed by atoms with Crippen LogP contribution in [0.5, 0.6) is 0 Å². The number of nitrogens with zero attached hydrogens (tertiary/aromatic N) is 2. The van der Waals surface area contributed by atoms with Gasteiger partial charge in [-0.15, -0.1) is 0 Å². The third-order valence-electron chi connectivity index (χ3n) is 2.73. The van der Waals surface area contributed by atoms with Crippen molar-refractivity contribution in [1.82, 2.24) is 9.55 Å². The number of aromatic nitrogens is 2. The van der Waals surface area contributed by atoms with E-state index in [0.717, 1.165) is 21.6 Å². The summed E-state index contributed by atoms with van der Waals surface area (Å²) in [7, 11) is 1.97. The van der Waals surface area contributed by atoms with Crippen LogP contribution in [0.15, 0.2) is 18.5 Å². The van der Waals surface area contributed by atoms with E-state index in [9.17, 15) is 0 Å². The summed E-state index contributed by atoms with van der Waals surface area (Å²) < 4.78 is 1.98. The highest BCUT2D eigenvalue weighted by atomic mass is 35.5. The predicted molar refractivity (Wildman–Crippen MR) is 63.2 cm³/mol. The van der Waals surface area contributed by atoms with Crippen molar-refractivity contribution in [3.63, 3.8) is 0 Å². The summed E-state index contributed by atoms with van der Waals surface area (Å²) in [4.78, 5) is 4.25. The Morgan fingerprint density at radius 3 is 2.93 bits per heavy atom. The topological polar surface area (TPSA) is 43.8 Å². The van der Waals surface area contributed by atoms with Gasteiger partial charge < -0.3 is 10.3 Å². The van der Waals surface area contributed by atoms with Gasteiger partial charge in [0.2, 0.25) is 0 Å². The molecule has 0 fully saturated rings. The lowest BCUT2D eigenvalue weighted by Crippen LogP contribution is -2.09. The summed E-state index contributed by atoms with van der Waals surface area (Å²) in [5.41, 5.74) is 8.76. The quantitative estimate of drug-likeness (QED) is 0.849. The van der Waals surface area contributed by atoms with Gasteiger partial charge in [0.15, 0.2) is 0 Å². The molecule has 0 radical (unpaired) electrons. The van der Waals surface area contributed by atoms with Crippen molar-refractivity contribution in [3.8, 4) is 0 Å². The molecule has 0 bridgehead atoms. The van der Waals surface area contributed by atoms with Gasteiger partial charge in [-0.3, -0.25) is 0 Å². The van der Waals surface area contributed by atoms with Crippen molar-refractivity contribution < 1.29 is 0 Å². The number of hydrogen-bond acceptors (Lipinski definition) is 2. The van der Waals surface area contributed by atoms with Gasteiger partial charge in [-0.05, 0) is 30.2 Å². The molecule has 4 heteroatoms. The lowest BCUT2D eigenvalue weighted by Gasteiger charge is -2.11. The summed E-state index contributed by atoms with van der Waals surface area (Å²) in [5, 5.41) is 0.749. The Bertz CT molecular complexity index is 490. The number of rotatable bonds is 2. The maximum Gasteiger partial charge on any atom is 0.0955 e. The summed E-state index contributed by atoms with van der Waals surface area (Å²) in [6.07, 6.45) is 1.79. The van der Waals surface area contributed by atoms with Crippen LogP contribution in [0.1, 0.15) is 18.4 Å². The number of benzene rings is 1. The predicted octanol–water partition coefficient (Wildman–Crippen LogP) is 2.29. The zero-order valence-corrected chi connectivity index (χ0v) is 9.62. The van der Waals surface area contributed by atoms with Crippen LogP contribution in [0, 0.1) is 0 Å². The van der Waals surface area contributed by atoms with Crippen LogP contribution in [-0.2, 0) is 7.05 Å². The van der Waals surface area contributed by atoms with Crippen LogP contribution in [-0.4, -0.2) is 16.1 Å². The van der Waals surface area contributed by atoms with Gasteiger partial charge in [-0.25, -0.2) is 4.98 Å². The van der Waals surface area contributed by atoms with Crippen molar-refractivity contribution >= 4 is 22.6 Å². The van der Waals surface area contributed by atoms with E-state index in [1.165, 1.54) is 0 Å². The van der Waals surface area contributed by atoms with Gasteiger partial charge in [0, 0.05) is 12.1 Å². The average Bonchev–Trinajstić information content (AvgIpc) is 2.58. The average molecular weight is 224 g/mol. The van der Waals surface area contributed by atoms with E-state index < -0.39 is 0 Å². The molecule has 0 saturated heterocycles. The molecule has 80 valence electrons. The highest BCUT2D eigenvalue weighted by Crippen LogP contribution is 2.28. The van der Waals surface area contributed by atoms with E-state index in [1.54, 1.807) is 6.33 Å². The van der Waals surface area contributed by atoms with Gasteiger partial charge in [-0.1, -0.05) is 18.5 Å². The number of imidazole rings is 1. The van der Waals surface area contributed by atoms with Crippen LogP contribution in [0.2, 0.25) is 5.02 Å². The molecule has 3 nitrogen and oxygen atoms in total. The van der Waals surface area contributed by atoms with E-state index in [2.05, 4.69) is 18.0 Å². The van der Waals surface area contributed by atoms with Gasteiger partial charge in [0.1, 0.15) is 0 Å². The molecule has 2 aromatic rings. The molecule has 1 unspecified atom stereocenters. The van der Waals surface area contributed by atoms with Crippen LogP contribution < -0.4 is 5.73 Å². The SMILES string of the molecule is CC(CN)c1cc2c(cc1Cl)ncn2C. The maximum absolute atomic E-state index is 6.18. The van der Waals surface area contributed by atoms with Gasteiger partial charge >= 0.3 is 0 Å². The molecule has 2 rings (SSSR count).